The fourth-order valence-electron chi connectivity index (χ4n) is 6.04. The van der Waals surface area contributed by atoms with Gasteiger partial charge in [-0.1, -0.05) is 53.0 Å². The van der Waals surface area contributed by atoms with Gasteiger partial charge in [0.1, 0.15) is 18.5 Å². The first kappa shape index (κ1) is 24.1. The van der Waals surface area contributed by atoms with E-state index < -0.39 is 23.6 Å². The lowest BCUT2D eigenvalue weighted by atomic mass is 9.54. The Morgan fingerprint density at radius 3 is 2.62 bits per heavy atom. The third-order valence-corrected chi connectivity index (χ3v) is 7.87. The number of esters is 1. The van der Waals surface area contributed by atoms with Crippen molar-refractivity contribution in [3.63, 3.8) is 0 Å². The van der Waals surface area contributed by atoms with Crippen LogP contribution in [-0.4, -0.2) is 42.8 Å². The molecule has 7 atom stereocenters. The molecular weight excluding hydrogens is 368 g/mol. The molecule has 0 aliphatic heterocycles. The maximum Gasteiger partial charge on any atom is 0.332 e. The number of fused-ring (bicyclic) bond motifs is 1. The van der Waals surface area contributed by atoms with Crippen molar-refractivity contribution in [3.05, 3.63) is 12.7 Å². The molecule has 0 aromatic rings. The predicted molar refractivity (Wildman–Crippen MR) is 113 cm³/mol. The van der Waals surface area contributed by atoms with Crippen molar-refractivity contribution < 1.29 is 24.2 Å². The average molecular weight is 409 g/mol. The number of carbonyl (C=O) groups is 2. The van der Waals surface area contributed by atoms with Gasteiger partial charge in [0.2, 0.25) is 0 Å². The molecule has 2 aliphatic rings. The van der Waals surface area contributed by atoms with E-state index in [4.69, 9.17) is 9.47 Å². The number of rotatable bonds is 8. The summed E-state index contributed by atoms with van der Waals surface area (Å²) < 4.78 is 10.7. The molecule has 5 heteroatoms. The number of Topliss-reactive ketones (excluding diaryl/α,β-unsaturated/α-hetero) is 1. The van der Waals surface area contributed by atoms with E-state index in [1.54, 1.807) is 6.08 Å². The molecule has 0 aromatic carbocycles. The maximum atomic E-state index is 13.1. The SMILES string of the molecule is C=CC1(C)CC(OC(=O)COC)C(C)C2C(=O)CCC2(CCCCC)C(C)C1O. The molecule has 1 N–H and O–H groups in total. The van der Waals surface area contributed by atoms with E-state index in [1.807, 2.05) is 13.8 Å². The zero-order chi connectivity index (χ0) is 21.8. The molecule has 5 nitrogen and oxygen atoms in total. The topological polar surface area (TPSA) is 72.8 Å². The number of ketones is 1. The summed E-state index contributed by atoms with van der Waals surface area (Å²) in [6, 6.07) is 0. The molecule has 0 heterocycles. The second kappa shape index (κ2) is 9.74. The van der Waals surface area contributed by atoms with Crippen molar-refractivity contribution in [2.75, 3.05) is 13.7 Å². The van der Waals surface area contributed by atoms with Crippen LogP contribution in [0.1, 0.15) is 72.6 Å². The third kappa shape index (κ3) is 4.61. The lowest BCUT2D eigenvalue weighted by Gasteiger charge is -2.52. The van der Waals surface area contributed by atoms with Crippen LogP contribution in [0, 0.1) is 28.6 Å². The van der Waals surface area contributed by atoms with Gasteiger partial charge in [0.15, 0.2) is 0 Å². The summed E-state index contributed by atoms with van der Waals surface area (Å²) in [5, 5.41) is 11.5. The number of ether oxygens (including phenoxy) is 2. The van der Waals surface area contributed by atoms with Gasteiger partial charge in [0.25, 0.3) is 0 Å². The molecule has 2 aliphatic carbocycles. The molecular formula is C24H40O5. The lowest BCUT2D eigenvalue weighted by molar-refractivity contribution is -0.171. The molecule has 2 fully saturated rings. The molecule has 0 saturated heterocycles. The molecule has 29 heavy (non-hydrogen) atoms. The second-order valence-corrected chi connectivity index (χ2v) is 9.60. The minimum absolute atomic E-state index is 0.0307. The standard InChI is InChI=1S/C24H40O5/c1-7-9-10-12-24-13-11-18(25)21(24)16(3)19(29-20(26)15-28-6)14-23(5,8-2)22(27)17(24)4/h8,16-17,19,21-22,27H,2,7,9-15H2,1,3-6H3. The molecule has 7 unspecified atom stereocenters. The van der Waals surface area contributed by atoms with Crippen LogP contribution in [0.4, 0.5) is 0 Å². The maximum absolute atomic E-state index is 13.1. The van der Waals surface area contributed by atoms with Crippen molar-refractivity contribution in [3.8, 4) is 0 Å². The van der Waals surface area contributed by atoms with E-state index >= 15 is 0 Å². The average Bonchev–Trinajstić information content (AvgIpc) is 3.02. The Morgan fingerprint density at radius 2 is 2.03 bits per heavy atom. The molecule has 0 spiro atoms. The van der Waals surface area contributed by atoms with Crippen molar-refractivity contribution in [2.24, 2.45) is 28.6 Å². The Balaban J connectivity index is 2.49. The van der Waals surface area contributed by atoms with Crippen LogP contribution >= 0.6 is 0 Å². The van der Waals surface area contributed by atoms with E-state index in [0.717, 1.165) is 32.1 Å². The van der Waals surface area contributed by atoms with E-state index in [1.165, 1.54) is 7.11 Å². The quantitative estimate of drug-likeness (QED) is 0.368. The van der Waals surface area contributed by atoms with Gasteiger partial charge >= 0.3 is 5.97 Å². The number of carbonyl (C=O) groups excluding carboxylic acids is 2. The first-order valence-corrected chi connectivity index (χ1v) is 11.2. The third-order valence-electron chi connectivity index (χ3n) is 7.87. The summed E-state index contributed by atoms with van der Waals surface area (Å²) in [5.41, 5.74) is -0.859. The van der Waals surface area contributed by atoms with Gasteiger partial charge in [-0.05, 0) is 30.6 Å². The van der Waals surface area contributed by atoms with Crippen molar-refractivity contribution in [2.45, 2.75) is 84.8 Å². The highest BCUT2D eigenvalue weighted by Gasteiger charge is 2.59. The Labute approximate surface area is 176 Å². The number of methoxy groups -OCH3 is 1. The first-order chi connectivity index (χ1) is 13.7. The fourth-order valence-corrected chi connectivity index (χ4v) is 6.04. The molecule has 0 aromatic heterocycles. The van der Waals surface area contributed by atoms with Gasteiger partial charge in [-0.15, -0.1) is 6.58 Å². The number of hydrogen-bond acceptors (Lipinski definition) is 5. The highest BCUT2D eigenvalue weighted by molar-refractivity contribution is 5.85. The summed E-state index contributed by atoms with van der Waals surface area (Å²) in [5.74, 6) is -0.513. The van der Waals surface area contributed by atoms with Gasteiger partial charge in [-0.25, -0.2) is 4.79 Å². The van der Waals surface area contributed by atoms with Crippen LogP contribution in [0.25, 0.3) is 0 Å². The van der Waals surface area contributed by atoms with E-state index in [-0.39, 0.29) is 35.6 Å². The minimum Gasteiger partial charge on any atom is -0.460 e. The lowest BCUT2D eigenvalue weighted by Crippen LogP contribution is -2.54. The van der Waals surface area contributed by atoms with Gasteiger partial charge in [-0.2, -0.15) is 0 Å². The molecule has 0 radical (unpaired) electrons. The smallest absolute Gasteiger partial charge is 0.332 e. The summed E-state index contributed by atoms with van der Waals surface area (Å²) in [6.45, 7) is 12.2. The van der Waals surface area contributed by atoms with Crippen LogP contribution in [-0.2, 0) is 19.1 Å². The number of hydrogen-bond donors (Lipinski definition) is 1. The fraction of sp³-hybridized carbons (Fsp3) is 0.833. The Bertz CT molecular complexity index is 602. The van der Waals surface area contributed by atoms with Crippen LogP contribution in [0.2, 0.25) is 0 Å². The highest BCUT2D eigenvalue weighted by Crippen LogP contribution is 2.59. The van der Waals surface area contributed by atoms with Crippen molar-refractivity contribution in [1.29, 1.82) is 0 Å². The summed E-state index contributed by atoms with van der Waals surface area (Å²) in [4.78, 5) is 25.3. The van der Waals surface area contributed by atoms with Gasteiger partial charge in [0.05, 0.1) is 6.10 Å². The van der Waals surface area contributed by atoms with Crippen LogP contribution in [0.3, 0.4) is 0 Å². The predicted octanol–water partition coefficient (Wildman–Crippen LogP) is 4.32. The number of unbranched alkanes of at least 4 members (excludes halogenated alkanes) is 2. The van der Waals surface area contributed by atoms with Crippen molar-refractivity contribution in [1.82, 2.24) is 0 Å². The molecule has 0 amide bonds. The van der Waals surface area contributed by atoms with Crippen LogP contribution in [0.15, 0.2) is 12.7 Å². The summed E-state index contributed by atoms with van der Waals surface area (Å²) >= 11 is 0. The first-order valence-electron chi connectivity index (χ1n) is 11.2. The van der Waals surface area contributed by atoms with Gasteiger partial charge in [0, 0.05) is 30.8 Å². The summed E-state index contributed by atoms with van der Waals surface area (Å²) in [7, 11) is 1.46. The minimum atomic E-state index is -0.647. The van der Waals surface area contributed by atoms with E-state index in [2.05, 4.69) is 20.4 Å². The summed E-state index contributed by atoms with van der Waals surface area (Å²) in [6.07, 6.45) is 6.69. The Hall–Kier alpha value is -1.20. The van der Waals surface area contributed by atoms with Crippen LogP contribution in [0.5, 0.6) is 0 Å². The number of aliphatic hydroxyl groups is 1. The Morgan fingerprint density at radius 1 is 1.34 bits per heavy atom. The molecule has 2 rings (SSSR count). The highest BCUT2D eigenvalue weighted by atomic mass is 16.6. The zero-order valence-corrected chi connectivity index (χ0v) is 18.9. The van der Waals surface area contributed by atoms with E-state index in [0.29, 0.717) is 12.8 Å². The molecule has 2 saturated carbocycles. The van der Waals surface area contributed by atoms with Gasteiger partial charge < -0.3 is 14.6 Å². The normalized spacial score (nSPS) is 40.1. The largest absolute Gasteiger partial charge is 0.460 e. The molecule has 166 valence electrons. The van der Waals surface area contributed by atoms with Gasteiger partial charge in [-0.3, -0.25) is 4.79 Å². The number of aliphatic hydroxyl groups excluding tert-OH is 1. The van der Waals surface area contributed by atoms with Crippen LogP contribution < -0.4 is 0 Å². The second-order valence-electron chi connectivity index (χ2n) is 9.60. The Kier molecular flexibility index (Phi) is 8.08. The zero-order valence-electron chi connectivity index (χ0n) is 18.9. The van der Waals surface area contributed by atoms with Crippen molar-refractivity contribution >= 4 is 11.8 Å². The van der Waals surface area contributed by atoms with E-state index in [9.17, 15) is 14.7 Å². The molecule has 0 bridgehead atoms. The monoisotopic (exact) mass is 408 g/mol.